The van der Waals surface area contributed by atoms with E-state index in [4.69, 9.17) is 4.74 Å². The largest absolute Gasteiger partial charge is 0.454 e. The van der Waals surface area contributed by atoms with Crippen molar-refractivity contribution in [1.29, 1.82) is 0 Å². The summed E-state index contributed by atoms with van der Waals surface area (Å²) in [6, 6.07) is 12.9. The smallest absolute Gasteiger partial charge is 0.168 e. The van der Waals surface area contributed by atoms with Crippen molar-refractivity contribution in [2.75, 3.05) is 6.54 Å². The molecule has 0 aromatic heterocycles. The van der Waals surface area contributed by atoms with Crippen molar-refractivity contribution in [2.45, 2.75) is 27.3 Å². The zero-order chi connectivity index (χ0) is 15.2. The van der Waals surface area contributed by atoms with E-state index in [0.717, 1.165) is 12.1 Å². The maximum absolute atomic E-state index is 14.0. The highest BCUT2D eigenvalue weighted by Gasteiger charge is 2.09. The van der Waals surface area contributed by atoms with Crippen molar-refractivity contribution in [1.82, 2.24) is 5.32 Å². The van der Waals surface area contributed by atoms with Gasteiger partial charge >= 0.3 is 0 Å². The number of para-hydroxylation sites is 1. The molecule has 0 spiro atoms. The molecule has 0 heterocycles. The maximum atomic E-state index is 14.0. The average Bonchev–Trinajstić information content (AvgIpc) is 2.45. The third-order valence-corrected chi connectivity index (χ3v) is 3.22. The molecule has 112 valence electrons. The van der Waals surface area contributed by atoms with Crippen molar-refractivity contribution in [3.05, 3.63) is 59.4 Å². The lowest BCUT2D eigenvalue weighted by Crippen LogP contribution is -2.19. The van der Waals surface area contributed by atoms with Crippen LogP contribution in [-0.4, -0.2) is 6.54 Å². The Morgan fingerprint density at radius 2 is 1.76 bits per heavy atom. The number of nitrogens with one attached hydrogen (secondary N) is 1. The summed E-state index contributed by atoms with van der Waals surface area (Å²) >= 11 is 0. The predicted molar refractivity (Wildman–Crippen MR) is 84.2 cm³/mol. The Balaban J connectivity index is 2.14. The van der Waals surface area contributed by atoms with E-state index in [9.17, 15) is 4.39 Å². The van der Waals surface area contributed by atoms with Gasteiger partial charge < -0.3 is 10.1 Å². The summed E-state index contributed by atoms with van der Waals surface area (Å²) in [6.07, 6.45) is 0. The fourth-order valence-electron chi connectivity index (χ4n) is 2.06. The molecule has 2 rings (SSSR count). The molecule has 21 heavy (non-hydrogen) atoms. The summed E-state index contributed by atoms with van der Waals surface area (Å²) in [5, 5.41) is 3.38. The Morgan fingerprint density at radius 1 is 1.05 bits per heavy atom. The highest BCUT2D eigenvalue weighted by atomic mass is 19.1. The zero-order valence-corrected chi connectivity index (χ0v) is 12.8. The van der Waals surface area contributed by atoms with Gasteiger partial charge in [0.1, 0.15) is 5.75 Å². The van der Waals surface area contributed by atoms with Gasteiger partial charge in [-0.15, -0.1) is 0 Å². The summed E-state index contributed by atoms with van der Waals surface area (Å²) < 4.78 is 19.8. The summed E-state index contributed by atoms with van der Waals surface area (Å²) in [7, 11) is 0. The second-order valence-electron chi connectivity index (χ2n) is 5.62. The van der Waals surface area contributed by atoms with Crippen LogP contribution in [0.4, 0.5) is 4.39 Å². The molecule has 2 aromatic rings. The average molecular weight is 287 g/mol. The van der Waals surface area contributed by atoms with Gasteiger partial charge in [-0.25, -0.2) is 4.39 Å². The SMILES string of the molecule is Cc1cccc(Oc2ccccc2CNCC(C)C)c1F. The van der Waals surface area contributed by atoms with Gasteiger partial charge in [0, 0.05) is 12.1 Å². The number of hydrogen-bond donors (Lipinski definition) is 1. The van der Waals surface area contributed by atoms with Gasteiger partial charge in [-0.3, -0.25) is 0 Å². The van der Waals surface area contributed by atoms with Gasteiger partial charge in [-0.2, -0.15) is 0 Å². The van der Waals surface area contributed by atoms with E-state index >= 15 is 0 Å². The zero-order valence-electron chi connectivity index (χ0n) is 12.8. The molecule has 0 saturated heterocycles. The molecule has 0 aliphatic heterocycles. The van der Waals surface area contributed by atoms with Crippen LogP contribution in [0, 0.1) is 18.7 Å². The number of aryl methyl sites for hydroxylation is 1. The van der Waals surface area contributed by atoms with Crippen LogP contribution in [0.3, 0.4) is 0 Å². The van der Waals surface area contributed by atoms with Crippen LogP contribution in [-0.2, 0) is 6.54 Å². The number of rotatable bonds is 6. The van der Waals surface area contributed by atoms with E-state index in [0.29, 0.717) is 23.8 Å². The summed E-state index contributed by atoms with van der Waals surface area (Å²) in [5.74, 6) is 1.25. The molecular weight excluding hydrogens is 265 g/mol. The first kappa shape index (κ1) is 15.5. The molecule has 3 heteroatoms. The quantitative estimate of drug-likeness (QED) is 0.833. The molecule has 0 radical (unpaired) electrons. The Hall–Kier alpha value is -1.87. The number of hydrogen-bond acceptors (Lipinski definition) is 2. The fourth-order valence-corrected chi connectivity index (χ4v) is 2.06. The molecule has 2 aromatic carbocycles. The van der Waals surface area contributed by atoms with Crippen molar-refractivity contribution >= 4 is 0 Å². The Morgan fingerprint density at radius 3 is 2.52 bits per heavy atom. The van der Waals surface area contributed by atoms with Crippen molar-refractivity contribution in [2.24, 2.45) is 5.92 Å². The van der Waals surface area contributed by atoms with Crippen molar-refractivity contribution < 1.29 is 9.13 Å². The van der Waals surface area contributed by atoms with E-state index in [-0.39, 0.29) is 11.6 Å². The topological polar surface area (TPSA) is 21.3 Å². The number of benzene rings is 2. The van der Waals surface area contributed by atoms with Crippen LogP contribution >= 0.6 is 0 Å². The summed E-state index contributed by atoms with van der Waals surface area (Å²) in [5.41, 5.74) is 1.61. The third kappa shape index (κ3) is 4.30. The van der Waals surface area contributed by atoms with E-state index in [1.54, 1.807) is 25.1 Å². The minimum absolute atomic E-state index is 0.270. The molecule has 0 bridgehead atoms. The van der Waals surface area contributed by atoms with Gasteiger partial charge in [-0.05, 0) is 37.1 Å². The second kappa shape index (κ2) is 7.23. The van der Waals surface area contributed by atoms with Crippen LogP contribution in [0.15, 0.2) is 42.5 Å². The normalized spacial score (nSPS) is 10.9. The van der Waals surface area contributed by atoms with Crippen LogP contribution in [0.1, 0.15) is 25.0 Å². The molecular formula is C18H22FNO. The molecule has 1 N–H and O–H groups in total. The van der Waals surface area contributed by atoms with Gasteiger partial charge in [0.05, 0.1) is 0 Å². The highest BCUT2D eigenvalue weighted by Crippen LogP contribution is 2.28. The minimum Gasteiger partial charge on any atom is -0.454 e. The highest BCUT2D eigenvalue weighted by molar-refractivity contribution is 5.39. The van der Waals surface area contributed by atoms with Crippen LogP contribution in [0.5, 0.6) is 11.5 Å². The van der Waals surface area contributed by atoms with E-state index in [2.05, 4.69) is 19.2 Å². The molecule has 0 aliphatic carbocycles. The number of halogens is 1. The fraction of sp³-hybridized carbons (Fsp3) is 0.333. The van der Waals surface area contributed by atoms with Crippen LogP contribution in [0.25, 0.3) is 0 Å². The first-order chi connectivity index (χ1) is 10.1. The van der Waals surface area contributed by atoms with Crippen molar-refractivity contribution in [3.8, 4) is 11.5 Å². The Kier molecular flexibility index (Phi) is 5.34. The molecule has 0 saturated carbocycles. The monoisotopic (exact) mass is 287 g/mol. The van der Waals surface area contributed by atoms with E-state index in [1.807, 2.05) is 24.3 Å². The lowest BCUT2D eigenvalue weighted by atomic mass is 10.1. The lowest BCUT2D eigenvalue weighted by Gasteiger charge is -2.13. The molecule has 0 unspecified atom stereocenters. The predicted octanol–water partition coefficient (Wildman–Crippen LogP) is 4.67. The molecule has 0 amide bonds. The van der Waals surface area contributed by atoms with Crippen molar-refractivity contribution in [3.63, 3.8) is 0 Å². The third-order valence-electron chi connectivity index (χ3n) is 3.22. The second-order valence-corrected chi connectivity index (χ2v) is 5.62. The van der Waals surface area contributed by atoms with Crippen LogP contribution < -0.4 is 10.1 Å². The first-order valence-electron chi connectivity index (χ1n) is 7.29. The van der Waals surface area contributed by atoms with Gasteiger partial charge in [0.2, 0.25) is 0 Å². The van der Waals surface area contributed by atoms with E-state index in [1.165, 1.54) is 0 Å². The van der Waals surface area contributed by atoms with Gasteiger partial charge in [0.15, 0.2) is 11.6 Å². The standard InChI is InChI=1S/C18H22FNO/c1-13(2)11-20-12-15-8-4-5-9-16(15)21-17-10-6-7-14(3)18(17)19/h4-10,13,20H,11-12H2,1-3H3. The van der Waals surface area contributed by atoms with Gasteiger partial charge in [0.25, 0.3) is 0 Å². The molecule has 0 atom stereocenters. The summed E-state index contributed by atoms with van der Waals surface area (Å²) in [6.45, 7) is 7.71. The molecule has 0 fully saturated rings. The maximum Gasteiger partial charge on any atom is 0.168 e. The lowest BCUT2D eigenvalue weighted by molar-refractivity contribution is 0.432. The van der Waals surface area contributed by atoms with E-state index < -0.39 is 0 Å². The summed E-state index contributed by atoms with van der Waals surface area (Å²) in [4.78, 5) is 0. The molecule has 0 aliphatic rings. The number of ether oxygens (including phenoxy) is 1. The Labute approximate surface area is 126 Å². The molecule has 2 nitrogen and oxygen atoms in total. The first-order valence-corrected chi connectivity index (χ1v) is 7.29. The Bertz CT molecular complexity index is 596. The van der Waals surface area contributed by atoms with Crippen LogP contribution in [0.2, 0.25) is 0 Å². The minimum atomic E-state index is -0.303. The van der Waals surface area contributed by atoms with Gasteiger partial charge in [-0.1, -0.05) is 44.2 Å².